The summed E-state index contributed by atoms with van der Waals surface area (Å²) in [4.78, 5) is 0. The third kappa shape index (κ3) is 1.53. The van der Waals surface area contributed by atoms with Gasteiger partial charge in [-0.3, -0.25) is 0 Å². The minimum absolute atomic E-state index is 0.898. The molecule has 1 unspecified atom stereocenters. The van der Waals surface area contributed by atoms with E-state index in [1.165, 1.54) is 19.3 Å². The minimum Gasteiger partial charge on any atom is -0.0628 e. The fourth-order valence-electron chi connectivity index (χ4n) is 3.01. The molecule has 0 aromatic carbocycles. The van der Waals surface area contributed by atoms with Gasteiger partial charge in [0, 0.05) is 0 Å². The van der Waals surface area contributed by atoms with Gasteiger partial charge in [-0.2, -0.15) is 0 Å². The minimum atomic E-state index is 0.898. The van der Waals surface area contributed by atoms with Crippen LogP contribution >= 0.6 is 0 Å². The quantitative estimate of drug-likeness (QED) is 0.594. The van der Waals surface area contributed by atoms with Crippen LogP contribution < -0.4 is 0 Å². The van der Waals surface area contributed by atoms with Crippen molar-refractivity contribution in [2.75, 3.05) is 0 Å². The highest BCUT2D eigenvalue weighted by atomic mass is 14.6. The molecule has 0 saturated heterocycles. The van der Waals surface area contributed by atoms with E-state index in [9.17, 15) is 0 Å². The van der Waals surface area contributed by atoms with E-state index in [1.54, 1.807) is 25.7 Å². The summed E-state index contributed by atoms with van der Waals surface area (Å²) in [6, 6.07) is 0. The first-order chi connectivity index (χ1) is 5.73. The van der Waals surface area contributed by atoms with Crippen LogP contribution in [0.3, 0.4) is 0 Å². The first-order valence-electron chi connectivity index (χ1n) is 5.73. The molecule has 0 amide bonds. The number of hydrogen-bond acceptors (Lipinski definition) is 0. The first-order valence-corrected chi connectivity index (χ1v) is 5.73. The van der Waals surface area contributed by atoms with Crippen molar-refractivity contribution in [1.82, 2.24) is 0 Å². The zero-order valence-corrected chi connectivity index (χ0v) is 8.60. The number of hydrogen-bond donors (Lipinski definition) is 0. The molecule has 2 rings (SSSR count). The van der Waals surface area contributed by atoms with Crippen LogP contribution in [-0.2, 0) is 0 Å². The molecule has 0 N–H and O–H groups in total. The smallest absolute Gasteiger partial charge is 0.0269 e. The zero-order chi connectivity index (χ0) is 8.60. The molecule has 12 heavy (non-hydrogen) atoms. The second-order valence-electron chi connectivity index (χ2n) is 5.42. The maximum atomic E-state index is 2.36. The third-order valence-electron chi connectivity index (χ3n) is 4.08. The summed E-state index contributed by atoms with van der Waals surface area (Å²) in [6.45, 7) is 4.71. The third-order valence-corrected chi connectivity index (χ3v) is 4.08. The summed E-state index contributed by atoms with van der Waals surface area (Å²) in [5.41, 5.74) is 0.898. The second-order valence-corrected chi connectivity index (χ2v) is 5.42. The van der Waals surface area contributed by atoms with Gasteiger partial charge >= 0.3 is 0 Å². The van der Waals surface area contributed by atoms with Crippen LogP contribution in [0.2, 0.25) is 0 Å². The fourth-order valence-corrected chi connectivity index (χ4v) is 3.01. The highest BCUT2D eigenvalue weighted by Crippen LogP contribution is 2.62. The monoisotopic (exact) mass is 166 g/mol. The van der Waals surface area contributed by atoms with E-state index in [1.807, 2.05) is 0 Å². The van der Waals surface area contributed by atoms with Crippen molar-refractivity contribution in [3.8, 4) is 0 Å². The molecule has 0 heteroatoms. The van der Waals surface area contributed by atoms with Gasteiger partial charge in [-0.1, -0.05) is 26.7 Å². The Morgan fingerprint density at radius 2 is 2.00 bits per heavy atom. The van der Waals surface area contributed by atoms with E-state index in [2.05, 4.69) is 13.8 Å². The van der Waals surface area contributed by atoms with Crippen LogP contribution in [0.1, 0.15) is 58.8 Å². The highest BCUT2D eigenvalue weighted by Gasteiger charge is 2.50. The predicted octanol–water partition coefficient (Wildman–Crippen LogP) is 4.00. The lowest BCUT2D eigenvalue weighted by molar-refractivity contribution is 0.317. The second kappa shape index (κ2) is 3.05. The van der Waals surface area contributed by atoms with Crippen LogP contribution in [0.15, 0.2) is 0 Å². The van der Waals surface area contributed by atoms with Crippen molar-refractivity contribution < 1.29 is 0 Å². The summed E-state index contributed by atoms with van der Waals surface area (Å²) in [6.07, 6.45) is 10.8. The maximum absolute atomic E-state index is 2.36. The molecule has 0 radical (unpaired) electrons. The Hall–Kier alpha value is 0. The van der Waals surface area contributed by atoms with Crippen LogP contribution in [0, 0.1) is 17.3 Å². The van der Waals surface area contributed by atoms with E-state index in [4.69, 9.17) is 0 Å². The lowest BCUT2D eigenvalue weighted by Gasteiger charge is -2.18. The Morgan fingerprint density at radius 1 is 1.25 bits per heavy atom. The van der Waals surface area contributed by atoms with Gasteiger partial charge in [-0.05, 0) is 49.4 Å². The van der Waals surface area contributed by atoms with Gasteiger partial charge in [0.25, 0.3) is 0 Å². The molecule has 2 fully saturated rings. The Labute approximate surface area is 76.7 Å². The molecular weight excluding hydrogens is 144 g/mol. The summed E-state index contributed by atoms with van der Waals surface area (Å²) >= 11 is 0. The Morgan fingerprint density at radius 3 is 2.58 bits per heavy atom. The van der Waals surface area contributed by atoms with Gasteiger partial charge < -0.3 is 0 Å². The van der Waals surface area contributed by atoms with Crippen LogP contribution in [0.25, 0.3) is 0 Å². The molecule has 1 spiro atoms. The standard InChI is InChI=1S/C12H22/c1-10(2)5-6-11-4-3-7-12(11)8-9-12/h10-11H,3-9H2,1-2H3. The highest BCUT2D eigenvalue weighted by molar-refractivity contribution is 5.01. The van der Waals surface area contributed by atoms with Crippen molar-refractivity contribution in [2.24, 2.45) is 17.3 Å². The summed E-state index contributed by atoms with van der Waals surface area (Å²) in [5, 5.41) is 0. The molecule has 0 nitrogen and oxygen atoms in total. The van der Waals surface area contributed by atoms with Gasteiger partial charge in [0.2, 0.25) is 0 Å². The lowest BCUT2D eigenvalue weighted by atomic mass is 9.87. The molecule has 2 aliphatic rings. The van der Waals surface area contributed by atoms with Crippen LogP contribution in [0.4, 0.5) is 0 Å². The van der Waals surface area contributed by atoms with Crippen molar-refractivity contribution >= 4 is 0 Å². The van der Waals surface area contributed by atoms with Crippen molar-refractivity contribution in [2.45, 2.75) is 58.8 Å². The van der Waals surface area contributed by atoms with E-state index in [-0.39, 0.29) is 0 Å². The largest absolute Gasteiger partial charge is 0.0628 e. The van der Waals surface area contributed by atoms with Gasteiger partial charge in [-0.25, -0.2) is 0 Å². The summed E-state index contributed by atoms with van der Waals surface area (Å²) in [5.74, 6) is 2.04. The lowest BCUT2D eigenvalue weighted by Crippen LogP contribution is -2.09. The molecule has 2 aliphatic carbocycles. The van der Waals surface area contributed by atoms with Gasteiger partial charge in [0.1, 0.15) is 0 Å². The summed E-state index contributed by atoms with van der Waals surface area (Å²) in [7, 11) is 0. The molecule has 2 saturated carbocycles. The average molecular weight is 166 g/mol. The maximum Gasteiger partial charge on any atom is -0.0269 e. The van der Waals surface area contributed by atoms with E-state index >= 15 is 0 Å². The molecule has 0 bridgehead atoms. The normalized spacial score (nSPS) is 31.8. The molecule has 1 atom stereocenters. The van der Waals surface area contributed by atoms with Gasteiger partial charge in [0.05, 0.1) is 0 Å². The Balaban J connectivity index is 1.80. The molecule has 0 aromatic rings. The fraction of sp³-hybridized carbons (Fsp3) is 1.00. The van der Waals surface area contributed by atoms with E-state index in [0.717, 1.165) is 17.3 Å². The molecular formula is C12H22. The van der Waals surface area contributed by atoms with Gasteiger partial charge in [0.15, 0.2) is 0 Å². The SMILES string of the molecule is CC(C)CCC1CCCC12CC2. The zero-order valence-electron chi connectivity index (χ0n) is 8.60. The van der Waals surface area contributed by atoms with E-state index in [0.29, 0.717) is 0 Å². The molecule has 0 aromatic heterocycles. The van der Waals surface area contributed by atoms with Crippen LogP contribution in [-0.4, -0.2) is 0 Å². The average Bonchev–Trinajstić information content (AvgIpc) is 2.62. The predicted molar refractivity (Wildman–Crippen MR) is 53.1 cm³/mol. The van der Waals surface area contributed by atoms with E-state index < -0.39 is 0 Å². The van der Waals surface area contributed by atoms with Crippen molar-refractivity contribution in [3.05, 3.63) is 0 Å². The molecule has 70 valence electrons. The summed E-state index contributed by atoms with van der Waals surface area (Å²) < 4.78 is 0. The van der Waals surface area contributed by atoms with Crippen LogP contribution in [0.5, 0.6) is 0 Å². The Bertz CT molecular complexity index is 153. The number of rotatable bonds is 3. The van der Waals surface area contributed by atoms with Crippen molar-refractivity contribution in [3.63, 3.8) is 0 Å². The van der Waals surface area contributed by atoms with Crippen molar-refractivity contribution in [1.29, 1.82) is 0 Å². The first kappa shape index (κ1) is 8.59. The van der Waals surface area contributed by atoms with Gasteiger partial charge in [-0.15, -0.1) is 0 Å². The topological polar surface area (TPSA) is 0 Å². The molecule has 0 heterocycles. The Kier molecular flexibility index (Phi) is 2.18. The molecule has 0 aliphatic heterocycles.